The predicted molar refractivity (Wildman–Crippen MR) is 76.7 cm³/mol. The van der Waals surface area contributed by atoms with E-state index in [0.717, 1.165) is 18.7 Å². The summed E-state index contributed by atoms with van der Waals surface area (Å²) in [6.45, 7) is 5.27. The van der Waals surface area contributed by atoms with Gasteiger partial charge in [0.2, 0.25) is 0 Å². The average molecular weight is 270 g/mol. The van der Waals surface area contributed by atoms with Gasteiger partial charge in [0, 0.05) is 29.9 Å². The van der Waals surface area contributed by atoms with Crippen molar-refractivity contribution in [2.75, 3.05) is 18.5 Å². The standard InChI is InChI=1S/C13H20ClN3O/c1-9(2)6-7-17(3)12-5-4-10(14)8-11(12)13(15)16-18/h4-5,8-9,18H,6-7H2,1-3H3,(H2,15,16). The Hall–Kier alpha value is -1.42. The highest BCUT2D eigenvalue weighted by molar-refractivity contribution is 6.31. The maximum absolute atomic E-state index is 8.80. The van der Waals surface area contributed by atoms with E-state index in [2.05, 4.69) is 23.9 Å². The van der Waals surface area contributed by atoms with Gasteiger partial charge in [0.05, 0.1) is 0 Å². The molecular formula is C13H20ClN3O. The van der Waals surface area contributed by atoms with Crippen molar-refractivity contribution in [1.29, 1.82) is 0 Å². The van der Waals surface area contributed by atoms with Gasteiger partial charge < -0.3 is 15.8 Å². The van der Waals surface area contributed by atoms with E-state index in [-0.39, 0.29) is 5.84 Å². The molecule has 1 rings (SSSR count). The second-order valence-electron chi connectivity index (χ2n) is 4.75. The molecule has 5 heteroatoms. The summed E-state index contributed by atoms with van der Waals surface area (Å²) in [7, 11) is 1.99. The van der Waals surface area contributed by atoms with Crippen molar-refractivity contribution in [2.24, 2.45) is 16.8 Å². The summed E-state index contributed by atoms with van der Waals surface area (Å²) in [6.07, 6.45) is 1.08. The van der Waals surface area contributed by atoms with Crippen molar-refractivity contribution < 1.29 is 5.21 Å². The lowest BCUT2D eigenvalue weighted by Crippen LogP contribution is -2.24. The molecule has 3 N–H and O–H groups in total. The zero-order valence-corrected chi connectivity index (χ0v) is 11.8. The van der Waals surface area contributed by atoms with Crippen molar-refractivity contribution in [3.05, 3.63) is 28.8 Å². The molecule has 0 bridgehead atoms. The highest BCUT2D eigenvalue weighted by atomic mass is 35.5. The quantitative estimate of drug-likeness (QED) is 0.374. The molecule has 0 aliphatic rings. The van der Waals surface area contributed by atoms with E-state index in [4.69, 9.17) is 22.5 Å². The van der Waals surface area contributed by atoms with Crippen LogP contribution in [0.15, 0.2) is 23.4 Å². The third-order valence-electron chi connectivity index (χ3n) is 2.80. The lowest BCUT2D eigenvalue weighted by molar-refractivity contribution is 0.318. The first-order valence-electron chi connectivity index (χ1n) is 5.94. The first kappa shape index (κ1) is 14.6. The van der Waals surface area contributed by atoms with Gasteiger partial charge in [0.25, 0.3) is 0 Å². The van der Waals surface area contributed by atoms with Crippen LogP contribution in [0.2, 0.25) is 5.02 Å². The number of anilines is 1. The zero-order valence-electron chi connectivity index (χ0n) is 11.0. The second-order valence-corrected chi connectivity index (χ2v) is 5.19. The Balaban J connectivity index is 3.00. The Morgan fingerprint density at radius 2 is 2.17 bits per heavy atom. The Labute approximate surface area is 113 Å². The maximum atomic E-state index is 8.80. The van der Waals surface area contributed by atoms with Crippen LogP contribution in [0.25, 0.3) is 0 Å². The van der Waals surface area contributed by atoms with Gasteiger partial charge in [-0.3, -0.25) is 0 Å². The molecule has 0 amide bonds. The molecule has 0 saturated carbocycles. The Morgan fingerprint density at radius 1 is 1.50 bits per heavy atom. The van der Waals surface area contributed by atoms with Gasteiger partial charge in [-0.25, -0.2) is 0 Å². The van der Waals surface area contributed by atoms with Crippen LogP contribution in [0, 0.1) is 5.92 Å². The summed E-state index contributed by atoms with van der Waals surface area (Å²) in [4.78, 5) is 2.09. The molecule has 0 unspecified atom stereocenters. The Kier molecular flexibility index (Phi) is 5.28. The van der Waals surface area contributed by atoms with Gasteiger partial charge in [0.1, 0.15) is 0 Å². The van der Waals surface area contributed by atoms with E-state index in [1.165, 1.54) is 0 Å². The number of hydrogen-bond donors (Lipinski definition) is 2. The predicted octanol–water partition coefficient (Wildman–Crippen LogP) is 2.92. The number of nitrogens with zero attached hydrogens (tertiary/aromatic N) is 2. The van der Waals surface area contributed by atoms with E-state index in [1.54, 1.807) is 12.1 Å². The van der Waals surface area contributed by atoms with Crippen molar-refractivity contribution in [3.63, 3.8) is 0 Å². The minimum Gasteiger partial charge on any atom is -0.409 e. The van der Waals surface area contributed by atoms with Crippen LogP contribution < -0.4 is 10.6 Å². The fourth-order valence-corrected chi connectivity index (χ4v) is 1.84. The summed E-state index contributed by atoms with van der Waals surface area (Å²) in [5.74, 6) is 0.705. The van der Waals surface area contributed by atoms with Crippen LogP contribution in [-0.2, 0) is 0 Å². The van der Waals surface area contributed by atoms with Crippen molar-refractivity contribution in [3.8, 4) is 0 Å². The molecule has 0 saturated heterocycles. The zero-order chi connectivity index (χ0) is 13.7. The first-order chi connectivity index (χ1) is 8.45. The number of benzene rings is 1. The van der Waals surface area contributed by atoms with Crippen LogP contribution in [0.1, 0.15) is 25.8 Å². The molecule has 0 aromatic heterocycles. The van der Waals surface area contributed by atoms with Gasteiger partial charge in [-0.15, -0.1) is 0 Å². The van der Waals surface area contributed by atoms with E-state index in [1.807, 2.05) is 13.1 Å². The van der Waals surface area contributed by atoms with E-state index >= 15 is 0 Å². The van der Waals surface area contributed by atoms with Gasteiger partial charge in [0.15, 0.2) is 5.84 Å². The SMILES string of the molecule is CC(C)CCN(C)c1ccc(Cl)cc1C(N)=NO. The molecule has 4 nitrogen and oxygen atoms in total. The molecule has 0 atom stereocenters. The number of oxime groups is 1. The number of amidine groups is 1. The van der Waals surface area contributed by atoms with E-state index in [0.29, 0.717) is 16.5 Å². The van der Waals surface area contributed by atoms with E-state index < -0.39 is 0 Å². The molecule has 18 heavy (non-hydrogen) atoms. The summed E-state index contributed by atoms with van der Waals surface area (Å²) < 4.78 is 0. The third kappa shape index (κ3) is 3.81. The number of nitrogens with two attached hydrogens (primary N) is 1. The van der Waals surface area contributed by atoms with E-state index in [9.17, 15) is 0 Å². The van der Waals surface area contributed by atoms with Crippen LogP contribution in [0.5, 0.6) is 0 Å². The second kappa shape index (κ2) is 6.50. The molecule has 0 fully saturated rings. The van der Waals surface area contributed by atoms with Gasteiger partial charge in [-0.05, 0) is 30.5 Å². The smallest absolute Gasteiger partial charge is 0.172 e. The molecule has 1 aromatic rings. The largest absolute Gasteiger partial charge is 0.409 e. The number of halogens is 1. The summed E-state index contributed by atoms with van der Waals surface area (Å²) in [5, 5.41) is 12.4. The molecule has 0 heterocycles. The highest BCUT2D eigenvalue weighted by Gasteiger charge is 2.12. The lowest BCUT2D eigenvalue weighted by atomic mass is 10.1. The molecular weight excluding hydrogens is 250 g/mol. The van der Waals surface area contributed by atoms with Gasteiger partial charge in [-0.2, -0.15) is 0 Å². The first-order valence-corrected chi connectivity index (χ1v) is 6.32. The van der Waals surface area contributed by atoms with Gasteiger partial charge in [-0.1, -0.05) is 30.6 Å². The van der Waals surface area contributed by atoms with Crippen LogP contribution in [-0.4, -0.2) is 24.6 Å². The fourth-order valence-electron chi connectivity index (χ4n) is 1.67. The van der Waals surface area contributed by atoms with Crippen molar-refractivity contribution >= 4 is 23.1 Å². The van der Waals surface area contributed by atoms with Crippen molar-refractivity contribution in [2.45, 2.75) is 20.3 Å². The van der Waals surface area contributed by atoms with Gasteiger partial charge >= 0.3 is 0 Å². The van der Waals surface area contributed by atoms with Crippen LogP contribution >= 0.6 is 11.6 Å². The molecule has 0 aliphatic carbocycles. The summed E-state index contributed by atoms with van der Waals surface area (Å²) in [6, 6.07) is 5.39. The summed E-state index contributed by atoms with van der Waals surface area (Å²) in [5.41, 5.74) is 7.23. The molecule has 1 aromatic carbocycles. The number of hydrogen-bond acceptors (Lipinski definition) is 3. The highest BCUT2D eigenvalue weighted by Crippen LogP contribution is 2.24. The van der Waals surface area contributed by atoms with Crippen LogP contribution in [0.3, 0.4) is 0 Å². The normalized spacial score (nSPS) is 11.9. The third-order valence-corrected chi connectivity index (χ3v) is 3.03. The molecule has 0 spiro atoms. The molecule has 0 aliphatic heterocycles. The van der Waals surface area contributed by atoms with Crippen molar-refractivity contribution in [1.82, 2.24) is 0 Å². The minimum absolute atomic E-state index is 0.0731. The van der Waals surface area contributed by atoms with Crippen LogP contribution in [0.4, 0.5) is 5.69 Å². The number of rotatable bonds is 5. The molecule has 0 radical (unpaired) electrons. The summed E-state index contributed by atoms with van der Waals surface area (Å²) >= 11 is 5.94. The average Bonchev–Trinajstić information content (AvgIpc) is 2.34. The monoisotopic (exact) mass is 269 g/mol. The maximum Gasteiger partial charge on any atom is 0.172 e. The fraction of sp³-hybridized carbons (Fsp3) is 0.462. The Bertz CT molecular complexity index is 432. The topological polar surface area (TPSA) is 61.8 Å². The Morgan fingerprint density at radius 3 is 2.72 bits per heavy atom. The molecule has 100 valence electrons. The minimum atomic E-state index is 0.0731. The lowest BCUT2D eigenvalue weighted by Gasteiger charge is -2.23.